The van der Waals surface area contributed by atoms with Crippen molar-refractivity contribution in [3.05, 3.63) is 46.1 Å². The summed E-state index contributed by atoms with van der Waals surface area (Å²) in [5, 5.41) is 15.8. The van der Waals surface area contributed by atoms with Crippen LogP contribution in [-0.2, 0) is 6.42 Å². The first-order chi connectivity index (χ1) is 11.5. The zero-order chi connectivity index (χ0) is 16.8. The average molecular weight is 360 g/mol. The van der Waals surface area contributed by atoms with Crippen LogP contribution in [0.25, 0.3) is 0 Å². The van der Waals surface area contributed by atoms with Crippen LogP contribution in [0.4, 0.5) is 5.69 Å². The Hall–Kier alpha value is -1.60. The quantitative estimate of drug-likeness (QED) is 0.826. The standard InChI is InChI=1S/C17H21N5S2/c1-11(2)9-14-18-19-17-21(14)22-15(24-17)10-23-16(22)12-5-7-13(8-6-12)20(3)4/h5-8,10-11,16H,9H2,1-4H3. The maximum atomic E-state index is 4.41. The summed E-state index contributed by atoms with van der Waals surface area (Å²) in [5.74, 6) is 1.61. The van der Waals surface area contributed by atoms with Crippen LogP contribution < -0.4 is 9.91 Å². The van der Waals surface area contributed by atoms with Crippen molar-refractivity contribution in [2.24, 2.45) is 5.92 Å². The van der Waals surface area contributed by atoms with E-state index in [2.05, 4.69) is 82.4 Å². The minimum absolute atomic E-state index is 0.242. The molecule has 4 rings (SSSR count). The molecule has 3 heterocycles. The van der Waals surface area contributed by atoms with Crippen LogP contribution in [0.2, 0.25) is 0 Å². The van der Waals surface area contributed by atoms with Crippen molar-refractivity contribution in [1.29, 1.82) is 0 Å². The van der Waals surface area contributed by atoms with Crippen LogP contribution in [0.1, 0.15) is 30.6 Å². The van der Waals surface area contributed by atoms with E-state index in [9.17, 15) is 0 Å². The molecule has 0 N–H and O–H groups in total. The van der Waals surface area contributed by atoms with E-state index in [4.69, 9.17) is 0 Å². The molecule has 0 saturated heterocycles. The van der Waals surface area contributed by atoms with Crippen molar-refractivity contribution in [3.63, 3.8) is 0 Å². The van der Waals surface area contributed by atoms with Crippen molar-refractivity contribution < 1.29 is 0 Å². The number of aromatic nitrogens is 3. The van der Waals surface area contributed by atoms with E-state index >= 15 is 0 Å². The fraction of sp³-hybridized carbons (Fsp3) is 0.412. The van der Waals surface area contributed by atoms with E-state index in [1.807, 2.05) is 11.8 Å². The van der Waals surface area contributed by atoms with Gasteiger partial charge in [0.1, 0.15) is 10.4 Å². The lowest BCUT2D eigenvalue weighted by Crippen LogP contribution is -2.31. The molecule has 1 aromatic carbocycles. The van der Waals surface area contributed by atoms with E-state index in [0.717, 1.165) is 17.4 Å². The van der Waals surface area contributed by atoms with Gasteiger partial charge in [-0.1, -0.05) is 37.7 Å². The van der Waals surface area contributed by atoms with Crippen LogP contribution in [-0.4, -0.2) is 29.0 Å². The summed E-state index contributed by atoms with van der Waals surface area (Å²) in [5.41, 5.74) is 2.52. The van der Waals surface area contributed by atoms with E-state index in [-0.39, 0.29) is 5.37 Å². The number of thioether (sulfide) groups is 2. The molecule has 24 heavy (non-hydrogen) atoms. The highest BCUT2D eigenvalue weighted by atomic mass is 32.2. The summed E-state index contributed by atoms with van der Waals surface area (Å²) >= 11 is 3.56. The van der Waals surface area contributed by atoms with Gasteiger partial charge in [-0.2, -0.15) is 0 Å². The van der Waals surface area contributed by atoms with Gasteiger partial charge < -0.3 is 4.90 Å². The van der Waals surface area contributed by atoms with Gasteiger partial charge in [0, 0.05) is 31.6 Å². The Morgan fingerprint density at radius 3 is 2.58 bits per heavy atom. The van der Waals surface area contributed by atoms with Crippen molar-refractivity contribution in [2.75, 3.05) is 24.0 Å². The molecule has 1 unspecified atom stereocenters. The monoisotopic (exact) mass is 359 g/mol. The van der Waals surface area contributed by atoms with Gasteiger partial charge in [0.15, 0.2) is 5.82 Å². The second-order valence-electron chi connectivity index (χ2n) is 6.69. The number of rotatable bonds is 4. The molecule has 126 valence electrons. The van der Waals surface area contributed by atoms with Crippen LogP contribution in [0.5, 0.6) is 0 Å². The highest BCUT2D eigenvalue weighted by Crippen LogP contribution is 2.51. The summed E-state index contributed by atoms with van der Waals surface area (Å²) in [6.07, 6.45) is 0.939. The first-order valence-electron chi connectivity index (χ1n) is 8.09. The van der Waals surface area contributed by atoms with Gasteiger partial charge in [0.05, 0.1) is 0 Å². The average Bonchev–Trinajstić information content (AvgIpc) is 3.19. The number of nitrogens with zero attached hydrogens (tertiary/aromatic N) is 5. The number of fused-ring (bicyclic) bond motifs is 3. The smallest absolute Gasteiger partial charge is 0.216 e. The first kappa shape index (κ1) is 15.9. The lowest BCUT2D eigenvalue weighted by molar-refractivity contribution is 0.552. The Labute approximate surface area is 151 Å². The summed E-state index contributed by atoms with van der Waals surface area (Å²) in [7, 11) is 4.13. The zero-order valence-corrected chi connectivity index (χ0v) is 15.9. The van der Waals surface area contributed by atoms with Crippen LogP contribution in [0, 0.1) is 5.92 Å². The highest BCUT2D eigenvalue weighted by Gasteiger charge is 2.39. The molecule has 2 aliphatic heterocycles. The molecule has 0 fully saturated rings. The van der Waals surface area contributed by atoms with Gasteiger partial charge in [-0.25, -0.2) is 4.68 Å². The van der Waals surface area contributed by atoms with E-state index < -0.39 is 0 Å². The van der Waals surface area contributed by atoms with E-state index in [1.165, 1.54) is 16.3 Å². The molecule has 0 spiro atoms. The first-order valence-corrected chi connectivity index (χ1v) is 9.85. The third-order valence-electron chi connectivity index (χ3n) is 4.12. The number of hydrogen-bond donors (Lipinski definition) is 0. The van der Waals surface area contributed by atoms with Crippen molar-refractivity contribution in [2.45, 2.75) is 30.8 Å². The number of benzene rings is 1. The minimum atomic E-state index is 0.242. The highest BCUT2D eigenvalue weighted by molar-refractivity contribution is 8.07. The van der Waals surface area contributed by atoms with Crippen molar-refractivity contribution >= 4 is 29.2 Å². The normalized spacial score (nSPS) is 18.8. The molecular weight excluding hydrogens is 338 g/mol. The van der Waals surface area contributed by atoms with Crippen LogP contribution in [0.15, 0.2) is 39.9 Å². The molecule has 0 radical (unpaired) electrons. The lowest BCUT2D eigenvalue weighted by Gasteiger charge is -2.26. The van der Waals surface area contributed by atoms with E-state index in [1.54, 1.807) is 11.8 Å². The molecule has 5 nitrogen and oxygen atoms in total. The number of hydrogen-bond acceptors (Lipinski definition) is 6. The fourth-order valence-corrected chi connectivity index (χ4v) is 5.19. The molecular formula is C17H21N5S2. The fourth-order valence-electron chi connectivity index (χ4n) is 2.94. The molecule has 0 aliphatic carbocycles. The number of anilines is 1. The van der Waals surface area contributed by atoms with Gasteiger partial charge in [0.2, 0.25) is 5.16 Å². The summed E-state index contributed by atoms with van der Waals surface area (Å²) < 4.78 is 2.21. The van der Waals surface area contributed by atoms with Crippen molar-refractivity contribution in [3.8, 4) is 0 Å². The Kier molecular flexibility index (Phi) is 4.00. The van der Waals surface area contributed by atoms with Crippen molar-refractivity contribution in [1.82, 2.24) is 14.9 Å². The van der Waals surface area contributed by atoms with E-state index in [0.29, 0.717) is 5.92 Å². The Balaban J connectivity index is 1.67. The maximum Gasteiger partial charge on any atom is 0.216 e. The Morgan fingerprint density at radius 2 is 1.92 bits per heavy atom. The topological polar surface area (TPSA) is 37.2 Å². The Morgan fingerprint density at radius 1 is 1.17 bits per heavy atom. The van der Waals surface area contributed by atoms with Gasteiger partial charge in [0.25, 0.3) is 0 Å². The summed E-state index contributed by atoms with van der Waals surface area (Å²) in [6.45, 7) is 4.44. The van der Waals surface area contributed by atoms with Crippen LogP contribution >= 0.6 is 23.5 Å². The molecule has 2 aromatic rings. The largest absolute Gasteiger partial charge is 0.378 e. The Bertz CT molecular complexity index is 779. The molecule has 1 aromatic heterocycles. The van der Waals surface area contributed by atoms with Gasteiger partial charge in [-0.15, -0.1) is 10.2 Å². The van der Waals surface area contributed by atoms with Crippen LogP contribution in [0.3, 0.4) is 0 Å². The molecule has 2 aliphatic rings. The predicted molar refractivity (Wildman–Crippen MR) is 102 cm³/mol. The maximum absolute atomic E-state index is 4.41. The molecule has 0 bridgehead atoms. The SMILES string of the molecule is CC(C)Cc1nnc2n1N1C(=CSC1c1ccc(N(C)C)cc1)S2. The van der Waals surface area contributed by atoms with Gasteiger partial charge in [-0.3, -0.25) is 5.01 Å². The van der Waals surface area contributed by atoms with Gasteiger partial charge in [-0.05, 0) is 35.4 Å². The third kappa shape index (κ3) is 2.59. The predicted octanol–water partition coefficient (Wildman–Crippen LogP) is 3.83. The third-order valence-corrected chi connectivity index (χ3v) is 6.31. The second-order valence-corrected chi connectivity index (χ2v) is 8.63. The molecule has 0 amide bonds. The lowest BCUT2D eigenvalue weighted by atomic mass is 10.1. The molecule has 1 atom stereocenters. The molecule has 7 heteroatoms. The van der Waals surface area contributed by atoms with Gasteiger partial charge >= 0.3 is 0 Å². The summed E-state index contributed by atoms with van der Waals surface area (Å²) in [4.78, 5) is 2.12. The minimum Gasteiger partial charge on any atom is -0.378 e. The molecule has 0 saturated carbocycles. The summed E-state index contributed by atoms with van der Waals surface area (Å²) in [6, 6.07) is 8.80. The zero-order valence-electron chi connectivity index (χ0n) is 14.3. The second kappa shape index (κ2) is 6.04.